The maximum absolute atomic E-state index is 14.6. The number of aliphatic imine (C=N–C) groups is 1. The zero-order valence-electron chi connectivity index (χ0n) is 16.2. The fraction of sp³-hybridized carbons (Fsp3) is 0.333. The van der Waals surface area contributed by atoms with Crippen LogP contribution in [0.3, 0.4) is 0 Å². The predicted octanol–water partition coefficient (Wildman–Crippen LogP) is 3.06. The lowest BCUT2D eigenvalue weighted by Crippen LogP contribution is -2.43. The van der Waals surface area contributed by atoms with Crippen LogP contribution in [-0.2, 0) is 16.7 Å². The van der Waals surface area contributed by atoms with Gasteiger partial charge in [0.25, 0.3) is 6.02 Å². The van der Waals surface area contributed by atoms with Crippen LogP contribution >= 0.6 is 0 Å². The second kappa shape index (κ2) is 8.53. The number of benzene rings is 1. The van der Waals surface area contributed by atoms with Crippen molar-refractivity contribution in [2.75, 3.05) is 13.3 Å². The molecule has 0 fully saturated rings. The van der Waals surface area contributed by atoms with E-state index < -0.39 is 36.8 Å². The molecule has 0 radical (unpaired) electrons. The highest BCUT2D eigenvalue weighted by Crippen LogP contribution is 2.37. The van der Waals surface area contributed by atoms with Gasteiger partial charge in [-0.1, -0.05) is 6.07 Å². The van der Waals surface area contributed by atoms with Crippen molar-refractivity contribution in [2.45, 2.75) is 31.4 Å². The Balaban J connectivity index is 1.95. The number of ether oxygens (including phenoxy) is 1. The zero-order valence-corrected chi connectivity index (χ0v) is 16.2. The van der Waals surface area contributed by atoms with E-state index in [-0.39, 0.29) is 29.9 Å². The van der Waals surface area contributed by atoms with Crippen molar-refractivity contribution in [1.29, 1.82) is 5.26 Å². The number of ketones is 1. The van der Waals surface area contributed by atoms with E-state index in [1.54, 1.807) is 13.0 Å². The molecule has 0 aliphatic carbocycles. The van der Waals surface area contributed by atoms with Crippen LogP contribution in [0.4, 0.5) is 13.2 Å². The Hall–Kier alpha value is -3.41. The van der Waals surface area contributed by atoms with Gasteiger partial charge in [0, 0.05) is 24.6 Å². The van der Waals surface area contributed by atoms with Crippen molar-refractivity contribution < 1.29 is 22.7 Å². The van der Waals surface area contributed by atoms with Crippen LogP contribution < -0.4 is 5.73 Å². The predicted molar refractivity (Wildman–Crippen MR) is 103 cm³/mol. The summed E-state index contributed by atoms with van der Waals surface area (Å²) in [7, 11) is 0. The molecule has 9 heteroatoms. The average Bonchev–Trinajstić information content (AvgIpc) is 2.74. The number of alkyl halides is 2. The number of carbonyl (C=O) groups is 1. The van der Waals surface area contributed by atoms with E-state index in [0.29, 0.717) is 16.7 Å². The summed E-state index contributed by atoms with van der Waals surface area (Å²) in [6.07, 6.45) is -0.109. The van der Waals surface area contributed by atoms with Crippen molar-refractivity contribution >= 4 is 11.8 Å². The van der Waals surface area contributed by atoms with Gasteiger partial charge in [-0.25, -0.2) is 18.2 Å². The van der Waals surface area contributed by atoms with Gasteiger partial charge >= 0.3 is 0 Å². The molecular formula is C21H19F3N4O2. The van der Waals surface area contributed by atoms with E-state index in [9.17, 15) is 18.0 Å². The molecule has 3 rings (SSSR count). The number of amidine groups is 1. The van der Waals surface area contributed by atoms with E-state index in [0.717, 1.165) is 6.07 Å². The Morgan fingerprint density at radius 2 is 2.17 bits per heavy atom. The molecule has 0 spiro atoms. The minimum atomic E-state index is -1.73. The monoisotopic (exact) mass is 416 g/mol. The van der Waals surface area contributed by atoms with Crippen LogP contribution in [0.25, 0.3) is 0 Å². The molecular weight excluding hydrogens is 397 g/mol. The molecule has 2 heterocycles. The summed E-state index contributed by atoms with van der Waals surface area (Å²) in [5.74, 6) is -1.09. The van der Waals surface area contributed by atoms with Gasteiger partial charge in [0.1, 0.15) is 42.6 Å². The highest BCUT2D eigenvalue weighted by Gasteiger charge is 2.42. The molecule has 1 aromatic heterocycles. The number of rotatable bonds is 6. The molecule has 30 heavy (non-hydrogen) atoms. The summed E-state index contributed by atoms with van der Waals surface area (Å²) < 4.78 is 46.8. The van der Waals surface area contributed by atoms with Crippen molar-refractivity contribution in [1.82, 2.24) is 4.98 Å². The molecule has 2 atom stereocenters. The van der Waals surface area contributed by atoms with Crippen molar-refractivity contribution in [3.63, 3.8) is 0 Å². The van der Waals surface area contributed by atoms with Gasteiger partial charge in [0.05, 0.1) is 5.56 Å². The fourth-order valence-corrected chi connectivity index (χ4v) is 3.52. The van der Waals surface area contributed by atoms with Gasteiger partial charge < -0.3 is 10.5 Å². The number of nitriles is 1. The Bertz CT molecular complexity index is 1050. The number of pyridine rings is 1. The van der Waals surface area contributed by atoms with Crippen molar-refractivity contribution in [2.24, 2.45) is 10.7 Å². The SMILES string of the molecule is Cc1cc(C#N)cnc1C(=O)Cc1ccc(F)c([C@]2(CF)C[C@@H](CF)OC(N)=N2)c1. The van der Waals surface area contributed by atoms with Gasteiger partial charge in [-0.2, -0.15) is 5.26 Å². The molecule has 0 amide bonds. The second-order valence-corrected chi connectivity index (χ2v) is 7.13. The Morgan fingerprint density at radius 1 is 1.40 bits per heavy atom. The van der Waals surface area contributed by atoms with Crippen LogP contribution in [0, 0.1) is 24.1 Å². The van der Waals surface area contributed by atoms with Gasteiger partial charge in [0.15, 0.2) is 5.78 Å². The molecule has 0 bridgehead atoms. The van der Waals surface area contributed by atoms with Crippen molar-refractivity contribution in [3.8, 4) is 6.07 Å². The summed E-state index contributed by atoms with van der Waals surface area (Å²) in [5, 5.41) is 8.92. The van der Waals surface area contributed by atoms with E-state index in [2.05, 4.69) is 9.98 Å². The van der Waals surface area contributed by atoms with Gasteiger partial charge in [-0.15, -0.1) is 0 Å². The van der Waals surface area contributed by atoms with E-state index in [1.165, 1.54) is 18.3 Å². The number of aromatic nitrogens is 1. The molecule has 1 aliphatic heterocycles. The molecule has 2 aromatic rings. The van der Waals surface area contributed by atoms with Crippen LogP contribution in [0.2, 0.25) is 0 Å². The van der Waals surface area contributed by atoms with E-state index >= 15 is 0 Å². The number of aryl methyl sites for hydroxylation is 1. The quantitative estimate of drug-likeness (QED) is 0.730. The van der Waals surface area contributed by atoms with Crippen LogP contribution in [0.15, 0.2) is 35.5 Å². The first-order valence-corrected chi connectivity index (χ1v) is 9.14. The summed E-state index contributed by atoms with van der Waals surface area (Å²) >= 11 is 0. The first kappa shape index (κ1) is 21.3. The maximum Gasteiger partial charge on any atom is 0.283 e. The van der Waals surface area contributed by atoms with Crippen molar-refractivity contribution in [3.05, 3.63) is 64.2 Å². The lowest BCUT2D eigenvalue weighted by Gasteiger charge is -2.35. The van der Waals surface area contributed by atoms with Gasteiger partial charge in [0.2, 0.25) is 0 Å². The van der Waals surface area contributed by atoms with Crippen LogP contribution in [-0.4, -0.2) is 36.2 Å². The minimum Gasteiger partial charge on any atom is -0.459 e. The third kappa shape index (κ3) is 4.13. The van der Waals surface area contributed by atoms with E-state index in [1.807, 2.05) is 6.07 Å². The van der Waals surface area contributed by atoms with Gasteiger partial charge in [-0.3, -0.25) is 9.78 Å². The average molecular weight is 416 g/mol. The molecule has 0 saturated heterocycles. The smallest absolute Gasteiger partial charge is 0.283 e. The number of Topliss-reactive ketones (excluding diaryl/α,β-unsaturated/α-hetero) is 1. The summed E-state index contributed by atoms with van der Waals surface area (Å²) in [6.45, 7) is -0.383. The van der Waals surface area contributed by atoms with E-state index in [4.69, 9.17) is 15.7 Å². The summed E-state index contributed by atoms with van der Waals surface area (Å²) in [5.41, 5.74) is 5.17. The number of halogens is 3. The highest BCUT2D eigenvalue weighted by molar-refractivity contribution is 5.97. The first-order chi connectivity index (χ1) is 14.3. The number of nitrogens with zero attached hydrogens (tertiary/aromatic N) is 3. The normalized spacial score (nSPS) is 20.8. The third-order valence-corrected chi connectivity index (χ3v) is 4.94. The van der Waals surface area contributed by atoms with Crippen LogP contribution in [0.5, 0.6) is 0 Å². The largest absolute Gasteiger partial charge is 0.459 e. The first-order valence-electron chi connectivity index (χ1n) is 9.14. The van der Waals surface area contributed by atoms with Gasteiger partial charge in [-0.05, 0) is 36.2 Å². The lowest BCUT2D eigenvalue weighted by atomic mass is 9.84. The second-order valence-electron chi connectivity index (χ2n) is 7.13. The summed E-state index contributed by atoms with van der Waals surface area (Å²) in [6, 6.07) is 6.93. The molecule has 156 valence electrons. The number of nitrogens with two attached hydrogens (primary N) is 1. The third-order valence-electron chi connectivity index (χ3n) is 4.94. The Kier molecular flexibility index (Phi) is 6.06. The topological polar surface area (TPSA) is 101 Å². The molecule has 0 unspecified atom stereocenters. The fourth-order valence-electron chi connectivity index (χ4n) is 3.52. The molecule has 1 aliphatic rings. The molecule has 1 aromatic carbocycles. The highest BCUT2D eigenvalue weighted by atomic mass is 19.1. The maximum atomic E-state index is 14.6. The molecule has 2 N–H and O–H groups in total. The zero-order chi connectivity index (χ0) is 21.9. The minimum absolute atomic E-state index is 0.121. The van der Waals surface area contributed by atoms with Crippen LogP contribution in [0.1, 0.15) is 39.2 Å². The summed E-state index contributed by atoms with van der Waals surface area (Å²) in [4.78, 5) is 20.6. The standard InChI is InChI=1S/C21H19F3N4O2/c1-12-4-14(9-25)10-27-19(12)18(29)6-13-2-3-17(24)16(5-13)21(11-23)7-15(8-22)30-20(26)28-21/h2-5,10,15H,6-8,11H2,1H3,(H2,26,28)/t15-,21+/m0/s1. The molecule has 6 nitrogen and oxygen atoms in total. The number of hydrogen-bond donors (Lipinski definition) is 1. The Labute approximate surface area is 171 Å². The Morgan fingerprint density at radius 3 is 2.80 bits per heavy atom. The lowest BCUT2D eigenvalue weighted by molar-refractivity contribution is 0.0781. The molecule has 0 saturated carbocycles. The number of hydrogen-bond acceptors (Lipinski definition) is 6. The number of carbonyl (C=O) groups excluding carboxylic acids is 1.